The first kappa shape index (κ1) is 20.8. The number of sulfone groups is 1. The third-order valence-corrected chi connectivity index (χ3v) is 7.84. The molecule has 1 aromatic carbocycles. The van der Waals surface area contributed by atoms with Crippen LogP contribution in [-0.4, -0.2) is 72.6 Å². The molecule has 0 aromatic heterocycles. The van der Waals surface area contributed by atoms with Crippen molar-refractivity contribution >= 4 is 56.0 Å². The second-order valence-electron chi connectivity index (χ2n) is 6.61. The van der Waals surface area contributed by atoms with E-state index in [9.17, 15) is 18.0 Å². The number of hydrogen-bond donors (Lipinski definition) is 0. The third kappa shape index (κ3) is 4.56. The Bertz CT molecular complexity index is 958. The SMILES string of the molecule is COc1cccc(/C=C2/SC(=S)N(CC(=O)N(C)C3CCS(=O)(=O)C3)C2=O)c1. The van der Waals surface area contributed by atoms with Crippen molar-refractivity contribution in [1.29, 1.82) is 0 Å². The molecule has 2 amide bonds. The molecule has 10 heteroatoms. The summed E-state index contributed by atoms with van der Waals surface area (Å²) in [7, 11) is 0.0372. The van der Waals surface area contributed by atoms with E-state index in [1.54, 1.807) is 32.4 Å². The summed E-state index contributed by atoms with van der Waals surface area (Å²) >= 11 is 6.41. The van der Waals surface area contributed by atoms with Gasteiger partial charge in [0.1, 0.15) is 16.6 Å². The Morgan fingerprint density at radius 1 is 1.46 bits per heavy atom. The molecule has 0 saturated carbocycles. The summed E-state index contributed by atoms with van der Waals surface area (Å²) in [5.41, 5.74) is 0.791. The highest BCUT2D eigenvalue weighted by atomic mass is 32.2. The van der Waals surface area contributed by atoms with Crippen LogP contribution in [0.5, 0.6) is 5.75 Å². The molecule has 2 aliphatic rings. The van der Waals surface area contributed by atoms with Crippen LogP contribution in [0.4, 0.5) is 0 Å². The van der Waals surface area contributed by atoms with Crippen molar-refractivity contribution < 1.29 is 22.7 Å². The summed E-state index contributed by atoms with van der Waals surface area (Å²) in [6.45, 7) is -0.201. The van der Waals surface area contributed by atoms with Gasteiger partial charge in [-0.2, -0.15) is 0 Å². The molecule has 2 fully saturated rings. The molecule has 1 atom stereocenters. The second-order valence-corrected chi connectivity index (χ2v) is 10.5. The van der Waals surface area contributed by atoms with E-state index in [0.717, 1.165) is 17.3 Å². The fourth-order valence-electron chi connectivity index (χ4n) is 3.05. The predicted molar refractivity (Wildman–Crippen MR) is 113 cm³/mol. The number of methoxy groups -OCH3 is 1. The van der Waals surface area contributed by atoms with Crippen LogP contribution in [0, 0.1) is 0 Å². The number of amides is 2. The number of benzene rings is 1. The van der Waals surface area contributed by atoms with Gasteiger partial charge < -0.3 is 9.64 Å². The molecule has 0 aliphatic carbocycles. The lowest BCUT2D eigenvalue weighted by Gasteiger charge is -2.25. The number of thioether (sulfide) groups is 1. The van der Waals surface area contributed by atoms with Crippen LogP contribution in [0.25, 0.3) is 6.08 Å². The maximum atomic E-state index is 12.7. The lowest BCUT2D eigenvalue weighted by Crippen LogP contribution is -2.45. The molecular weight excluding hydrogens is 420 g/mol. The number of thiocarbonyl (C=S) groups is 1. The monoisotopic (exact) mass is 440 g/mol. The normalized spacial score (nSPS) is 22.7. The Morgan fingerprint density at radius 3 is 2.86 bits per heavy atom. The van der Waals surface area contributed by atoms with Gasteiger partial charge in [-0.15, -0.1) is 0 Å². The Balaban J connectivity index is 1.69. The van der Waals surface area contributed by atoms with E-state index < -0.39 is 9.84 Å². The largest absolute Gasteiger partial charge is 0.497 e. The summed E-state index contributed by atoms with van der Waals surface area (Å²) in [4.78, 5) is 28.4. The highest BCUT2D eigenvalue weighted by molar-refractivity contribution is 8.26. The topological polar surface area (TPSA) is 84.0 Å². The summed E-state index contributed by atoms with van der Waals surface area (Å²) in [6.07, 6.45) is 2.12. The molecular formula is C18H20N2O5S3. The molecule has 2 saturated heterocycles. The lowest BCUT2D eigenvalue weighted by molar-refractivity contribution is -0.135. The van der Waals surface area contributed by atoms with Gasteiger partial charge in [0, 0.05) is 13.1 Å². The zero-order valence-electron chi connectivity index (χ0n) is 15.5. The molecule has 150 valence electrons. The van der Waals surface area contributed by atoms with Crippen molar-refractivity contribution in [2.24, 2.45) is 0 Å². The van der Waals surface area contributed by atoms with Crippen molar-refractivity contribution in [3.63, 3.8) is 0 Å². The van der Waals surface area contributed by atoms with E-state index in [1.807, 2.05) is 12.1 Å². The van der Waals surface area contributed by atoms with Crippen LogP contribution in [-0.2, 0) is 19.4 Å². The predicted octanol–water partition coefficient (Wildman–Crippen LogP) is 1.54. The van der Waals surface area contributed by atoms with Crippen LogP contribution in [0.2, 0.25) is 0 Å². The minimum Gasteiger partial charge on any atom is -0.497 e. The third-order valence-electron chi connectivity index (χ3n) is 4.71. The maximum Gasteiger partial charge on any atom is 0.266 e. The van der Waals surface area contributed by atoms with Crippen LogP contribution in [0.1, 0.15) is 12.0 Å². The summed E-state index contributed by atoms with van der Waals surface area (Å²) in [5.74, 6) is 0.0513. The van der Waals surface area contributed by atoms with Gasteiger partial charge in [-0.3, -0.25) is 14.5 Å². The van der Waals surface area contributed by atoms with Crippen molar-refractivity contribution in [3.8, 4) is 5.75 Å². The van der Waals surface area contributed by atoms with Crippen molar-refractivity contribution in [1.82, 2.24) is 9.80 Å². The standard InChI is InChI=1S/C18H20N2O5S3/c1-19(13-6-7-28(23,24)11-13)16(21)10-20-17(22)15(27-18(20)26)9-12-4-3-5-14(8-12)25-2/h3-5,8-9,13H,6-7,10-11H2,1-2H3/b15-9+. The van der Waals surface area contributed by atoms with E-state index >= 15 is 0 Å². The first-order valence-corrected chi connectivity index (χ1v) is 11.6. The fraction of sp³-hybridized carbons (Fsp3) is 0.389. The molecule has 1 unspecified atom stereocenters. The molecule has 0 bridgehead atoms. The lowest BCUT2D eigenvalue weighted by atomic mass is 10.2. The van der Waals surface area contributed by atoms with Crippen LogP contribution in [0.3, 0.4) is 0 Å². The molecule has 3 rings (SSSR count). The van der Waals surface area contributed by atoms with Crippen LogP contribution < -0.4 is 4.74 Å². The minimum atomic E-state index is -3.10. The zero-order chi connectivity index (χ0) is 20.5. The number of likely N-dealkylation sites (N-methyl/N-ethyl adjacent to an activating group) is 1. The highest BCUT2D eigenvalue weighted by Gasteiger charge is 2.37. The Kier molecular flexibility index (Phi) is 6.11. The van der Waals surface area contributed by atoms with Crippen LogP contribution >= 0.6 is 24.0 Å². The van der Waals surface area contributed by atoms with Gasteiger partial charge in [-0.05, 0) is 30.2 Å². The Labute approximate surface area is 173 Å². The van der Waals surface area contributed by atoms with Gasteiger partial charge in [0.05, 0.1) is 23.5 Å². The molecule has 0 radical (unpaired) electrons. The zero-order valence-corrected chi connectivity index (χ0v) is 17.9. The van der Waals surface area contributed by atoms with Crippen molar-refractivity contribution in [3.05, 3.63) is 34.7 Å². The van der Waals surface area contributed by atoms with E-state index in [4.69, 9.17) is 17.0 Å². The van der Waals surface area contributed by atoms with E-state index in [0.29, 0.717) is 21.4 Å². The molecule has 2 aliphatic heterocycles. The number of carbonyl (C=O) groups excluding carboxylic acids is 2. The summed E-state index contributed by atoms with van der Waals surface area (Å²) in [6, 6.07) is 6.91. The van der Waals surface area contributed by atoms with Gasteiger partial charge in [0.25, 0.3) is 5.91 Å². The maximum absolute atomic E-state index is 12.7. The number of nitrogens with zero attached hydrogens (tertiary/aromatic N) is 2. The molecule has 28 heavy (non-hydrogen) atoms. The summed E-state index contributed by atoms with van der Waals surface area (Å²) in [5, 5.41) is 0. The minimum absolute atomic E-state index is 0.0383. The average molecular weight is 441 g/mol. The Hall–Kier alpha value is -1.91. The molecule has 7 nitrogen and oxygen atoms in total. The quantitative estimate of drug-likeness (QED) is 0.507. The average Bonchev–Trinajstić information content (AvgIpc) is 3.15. The van der Waals surface area contributed by atoms with Crippen LogP contribution in [0.15, 0.2) is 29.2 Å². The van der Waals surface area contributed by atoms with Crippen molar-refractivity contribution in [2.45, 2.75) is 12.5 Å². The van der Waals surface area contributed by atoms with E-state index in [2.05, 4.69) is 0 Å². The van der Waals surface area contributed by atoms with E-state index in [1.165, 1.54) is 9.80 Å². The molecule has 1 aromatic rings. The number of ether oxygens (including phenoxy) is 1. The number of rotatable bonds is 5. The first-order valence-electron chi connectivity index (χ1n) is 8.55. The van der Waals surface area contributed by atoms with E-state index in [-0.39, 0.29) is 35.9 Å². The number of carbonyl (C=O) groups is 2. The Morgan fingerprint density at radius 2 is 2.21 bits per heavy atom. The molecule has 0 spiro atoms. The number of hydrogen-bond acceptors (Lipinski definition) is 7. The smallest absolute Gasteiger partial charge is 0.266 e. The highest BCUT2D eigenvalue weighted by Crippen LogP contribution is 2.33. The van der Waals surface area contributed by atoms with Gasteiger partial charge in [0.15, 0.2) is 9.84 Å². The van der Waals surface area contributed by atoms with Crippen molar-refractivity contribution in [2.75, 3.05) is 32.2 Å². The first-order chi connectivity index (χ1) is 13.2. The fourth-order valence-corrected chi connectivity index (χ4v) is 6.08. The van der Waals surface area contributed by atoms with Gasteiger partial charge >= 0.3 is 0 Å². The molecule has 2 heterocycles. The van der Waals surface area contributed by atoms with Gasteiger partial charge in [0.2, 0.25) is 5.91 Å². The van der Waals surface area contributed by atoms with Gasteiger partial charge in [-0.1, -0.05) is 36.1 Å². The van der Waals surface area contributed by atoms with Gasteiger partial charge in [-0.25, -0.2) is 8.42 Å². The summed E-state index contributed by atoms with van der Waals surface area (Å²) < 4.78 is 28.8. The molecule has 0 N–H and O–H groups in total. The second kappa shape index (κ2) is 8.22.